The molecule has 5 nitrogen and oxygen atoms in total. The van der Waals surface area contributed by atoms with Crippen LogP contribution >= 0.6 is 12.4 Å². The zero-order chi connectivity index (χ0) is 15.0. The van der Waals surface area contributed by atoms with Crippen LogP contribution in [0.4, 0.5) is 5.69 Å². The summed E-state index contributed by atoms with van der Waals surface area (Å²) >= 11 is 0. The van der Waals surface area contributed by atoms with E-state index in [2.05, 4.69) is 0 Å². The minimum atomic E-state index is -0.377. The summed E-state index contributed by atoms with van der Waals surface area (Å²) in [5.41, 5.74) is 7.58. The molecule has 122 valence electrons. The fourth-order valence-corrected chi connectivity index (χ4v) is 2.99. The number of hydrogen-bond donors (Lipinski definition) is 1. The number of carbonyl (C=O) groups is 1. The molecule has 3 atom stereocenters. The summed E-state index contributed by atoms with van der Waals surface area (Å²) in [5, 5.41) is 0. The number of nitrogens with zero attached hydrogens (tertiary/aromatic N) is 1. The predicted molar refractivity (Wildman–Crippen MR) is 87.8 cm³/mol. The molecule has 6 heteroatoms. The Labute approximate surface area is 137 Å². The number of rotatable bonds is 2. The minimum absolute atomic E-state index is 0. The molecule has 2 heterocycles. The van der Waals surface area contributed by atoms with Gasteiger partial charge in [0, 0.05) is 6.54 Å². The molecule has 0 aromatic heterocycles. The van der Waals surface area contributed by atoms with Gasteiger partial charge in [0.2, 0.25) is 0 Å². The first-order chi connectivity index (χ1) is 10.1. The van der Waals surface area contributed by atoms with E-state index in [4.69, 9.17) is 15.2 Å². The molecule has 2 aliphatic heterocycles. The zero-order valence-electron chi connectivity index (χ0n) is 13.0. The van der Waals surface area contributed by atoms with Gasteiger partial charge in [-0.1, -0.05) is 6.07 Å². The van der Waals surface area contributed by atoms with E-state index in [0.717, 1.165) is 29.8 Å². The van der Waals surface area contributed by atoms with E-state index in [1.54, 1.807) is 4.90 Å². The van der Waals surface area contributed by atoms with E-state index in [0.29, 0.717) is 13.1 Å². The van der Waals surface area contributed by atoms with Crippen LogP contribution in [0.15, 0.2) is 18.2 Å². The van der Waals surface area contributed by atoms with Gasteiger partial charge in [-0.15, -0.1) is 12.4 Å². The average Bonchev–Trinajstić information content (AvgIpc) is 2.94. The Kier molecular flexibility index (Phi) is 5.32. The van der Waals surface area contributed by atoms with Crippen LogP contribution in [-0.2, 0) is 9.53 Å². The second-order valence-corrected chi connectivity index (χ2v) is 5.91. The SMILES string of the molecule is Cc1ccc2c(c1)OC(C)CN2C(=O)[C@@H]1CC[C@H](CN)O1.Cl. The second kappa shape index (κ2) is 6.86. The molecule has 0 saturated carbocycles. The summed E-state index contributed by atoms with van der Waals surface area (Å²) < 4.78 is 11.6. The van der Waals surface area contributed by atoms with Gasteiger partial charge in [0.25, 0.3) is 5.91 Å². The van der Waals surface area contributed by atoms with Crippen LogP contribution in [0.2, 0.25) is 0 Å². The van der Waals surface area contributed by atoms with E-state index in [-0.39, 0.29) is 36.6 Å². The predicted octanol–water partition coefficient (Wildman–Crippen LogP) is 2.04. The van der Waals surface area contributed by atoms with Gasteiger partial charge >= 0.3 is 0 Å². The molecule has 1 aromatic carbocycles. The third-order valence-electron chi connectivity index (χ3n) is 4.09. The molecule has 1 fully saturated rings. The van der Waals surface area contributed by atoms with Gasteiger partial charge in [-0.25, -0.2) is 0 Å². The highest BCUT2D eigenvalue weighted by atomic mass is 35.5. The molecule has 3 rings (SSSR count). The Balaban J connectivity index is 0.00000176. The molecule has 0 bridgehead atoms. The number of nitrogens with two attached hydrogens (primary N) is 1. The lowest BCUT2D eigenvalue weighted by Crippen LogP contribution is -2.47. The van der Waals surface area contributed by atoms with Crippen LogP contribution < -0.4 is 15.4 Å². The van der Waals surface area contributed by atoms with Crippen molar-refractivity contribution in [3.63, 3.8) is 0 Å². The van der Waals surface area contributed by atoms with Gasteiger partial charge in [-0.3, -0.25) is 4.79 Å². The van der Waals surface area contributed by atoms with Crippen LogP contribution in [0.5, 0.6) is 5.75 Å². The van der Waals surface area contributed by atoms with Crippen molar-refractivity contribution in [3.05, 3.63) is 23.8 Å². The Hall–Kier alpha value is -1.30. The minimum Gasteiger partial charge on any atom is -0.487 e. The number of amides is 1. The van der Waals surface area contributed by atoms with Crippen molar-refractivity contribution in [3.8, 4) is 5.75 Å². The average molecular weight is 327 g/mol. The molecule has 1 amide bonds. The smallest absolute Gasteiger partial charge is 0.256 e. The number of hydrogen-bond acceptors (Lipinski definition) is 4. The molecular weight excluding hydrogens is 304 g/mol. The maximum Gasteiger partial charge on any atom is 0.256 e. The maximum absolute atomic E-state index is 12.8. The first-order valence-electron chi connectivity index (χ1n) is 7.52. The highest BCUT2D eigenvalue weighted by Gasteiger charge is 2.36. The lowest BCUT2D eigenvalue weighted by atomic mass is 10.1. The fraction of sp³-hybridized carbons (Fsp3) is 0.562. The molecule has 1 saturated heterocycles. The highest BCUT2D eigenvalue weighted by molar-refractivity contribution is 5.98. The van der Waals surface area contributed by atoms with Crippen LogP contribution in [0.25, 0.3) is 0 Å². The Morgan fingerprint density at radius 1 is 1.41 bits per heavy atom. The third-order valence-corrected chi connectivity index (χ3v) is 4.09. The number of benzene rings is 1. The van der Waals surface area contributed by atoms with Gasteiger partial charge in [0.1, 0.15) is 18.0 Å². The van der Waals surface area contributed by atoms with Crippen LogP contribution in [0, 0.1) is 6.92 Å². The van der Waals surface area contributed by atoms with E-state index >= 15 is 0 Å². The lowest BCUT2D eigenvalue weighted by molar-refractivity contribution is -0.129. The van der Waals surface area contributed by atoms with E-state index in [1.165, 1.54) is 0 Å². The van der Waals surface area contributed by atoms with E-state index in [1.807, 2.05) is 32.0 Å². The molecule has 22 heavy (non-hydrogen) atoms. The summed E-state index contributed by atoms with van der Waals surface area (Å²) in [6, 6.07) is 5.92. The van der Waals surface area contributed by atoms with Gasteiger partial charge < -0.3 is 20.1 Å². The van der Waals surface area contributed by atoms with Crippen molar-refractivity contribution in [2.45, 2.75) is 45.0 Å². The number of anilines is 1. The topological polar surface area (TPSA) is 64.8 Å². The molecule has 1 unspecified atom stereocenters. The molecule has 0 aliphatic carbocycles. The van der Waals surface area contributed by atoms with Gasteiger partial charge in [-0.05, 0) is 44.4 Å². The monoisotopic (exact) mass is 326 g/mol. The standard InChI is InChI=1S/C16H22N2O3.ClH/c1-10-3-5-13-15(7-10)20-11(2)9-18(13)16(19)14-6-4-12(8-17)21-14;/h3,5,7,11-12,14H,4,6,8-9,17H2,1-2H3;1H/t11?,12-,14+;/m1./s1. The first-order valence-corrected chi connectivity index (χ1v) is 7.52. The second-order valence-electron chi connectivity index (χ2n) is 5.91. The largest absolute Gasteiger partial charge is 0.487 e. The number of fused-ring (bicyclic) bond motifs is 1. The highest BCUT2D eigenvalue weighted by Crippen LogP contribution is 2.35. The molecular formula is C16H23ClN2O3. The molecule has 0 spiro atoms. The quantitative estimate of drug-likeness (QED) is 0.903. The molecule has 2 N–H and O–H groups in total. The van der Waals surface area contributed by atoms with Crippen LogP contribution in [0.1, 0.15) is 25.3 Å². The van der Waals surface area contributed by atoms with Crippen LogP contribution in [0.3, 0.4) is 0 Å². The summed E-state index contributed by atoms with van der Waals surface area (Å²) in [4.78, 5) is 14.6. The van der Waals surface area contributed by atoms with Crippen molar-refractivity contribution in [1.29, 1.82) is 0 Å². The van der Waals surface area contributed by atoms with E-state index < -0.39 is 0 Å². The summed E-state index contributed by atoms with van der Waals surface area (Å²) in [7, 11) is 0. The Bertz CT molecular complexity index is 552. The number of aryl methyl sites for hydroxylation is 1. The Morgan fingerprint density at radius 3 is 2.86 bits per heavy atom. The van der Waals surface area contributed by atoms with Crippen molar-refractivity contribution in [2.24, 2.45) is 5.73 Å². The third kappa shape index (κ3) is 3.21. The lowest BCUT2D eigenvalue weighted by Gasteiger charge is -2.35. The van der Waals surface area contributed by atoms with Crippen molar-refractivity contribution < 1.29 is 14.3 Å². The van der Waals surface area contributed by atoms with Gasteiger partial charge in [0.15, 0.2) is 0 Å². The normalized spacial score (nSPS) is 26.9. The van der Waals surface area contributed by atoms with Crippen LogP contribution in [-0.4, -0.2) is 37.3 Å². The zero-order valence-corrected chi connectivity index (χ0v) is 13.8. The van der Waals surface area contributed by atoms with Crippen molar-refractivity contribution in [2.75, 3.05) is 18.0 Å². The van der Waals surface area contributed by atoms with Crippen molar-refractivity contribution >= 4 is 24.0 Å². The summed E-state index contributed by atoms with van der Waals surface area (Å²) in [5.74, 6) is 0.793. The number of carbonyl (C=O) groups excluding carboxylic acids is 1. The molecule has 2 aliphatic rings. The summed E-state index contributed by atoms with van der Waals surface area (Å²) in [6.45, 7) is 5.02. The maximum atomic E-state index is 12.8. The first kappa shape index (κ1) is 17.1. The summed E-state index contributed by atoms with van der Waals surface area (Å²) in [6.07, 6.45) is 1.21. The van der Waals surface area contributed by atoms with Crippen molar-refractivity contribution in [1.82, 2.24) is 0 Å². The number of ether oxygens (including phenoxy) is 2. The fourth-order valence-electron chi connectivity index (χ4n) is 2.99. The number of halogens is 1. The molecule has 0 radical (unpaired) electrons. The Morgan fingerprint density at radius 2 is 2.18 bits per heavy atom. The van der Waals surface area contributed by atoms with Gasteiger partial charge in [-0.2, -0.15) is 0 Å². The van der Waals surface area contributed by atoms with Gasteiger partial charge in [0.05, 0.1) is 18.3 Å². The molecule has 1 aromatic rings. The van der Waals surface area contributed by atoms with E-state index in [9.17, 15) is 4.79 Å².